The molecule has 0 aromatic carbocycles. The van der Waals surface area contributed by atoms with E-state index in [1.807, 2.05) is 6.07 Å². The maximum absolute atomic E-state index is 5.54. The summed E-state index contributed by atoms with van der Waals surface area (Å²) in [5.74, 6) is 1.59. The van der Waals surface area contributed by atoms with Crippen molar-refractivity contribution in [3.63, 3.8) is 0 Å². The number of nitrogens with one attached hydrogen (secondary N) is 1. The van der Waals surface area contributed by atoms with E-state index in [9.17, 15) is 0 Å². The molecular weight excluding hydrogens is 240 g/mol. The van der Waals surface area contributed by atoms with Gasteiger partial charge in [0.15, 0.2) is 0 Å². The molecule has 106 valence electrons. The van der Waals surface area contributed by atoms with Crippen LogP contribution in [-0.2, 0) is 0 Å². The van der Waals surface area contributed by atoms with Gasteiger partial charge in [0.05, 0.1) is 6.61 Å². The summed E-state index contributed by atoms with van der Waals surface area (Å²) in [5, 5.41) is 3.55. The number of hydrogen-bond acceptors (Lipinski definition) is 5. The first-order valence-electron chi connectivity index (χ1n) is 7.19. The third-order valence-corrected chi connectivity index (χ3v) is 3.38. The molecule has 1 aromatic heterocycles. The predicted molar refractivity (Wildman–Crippen MR) is 76.7 cm³/mol. The van der Waals surface area contributed by atoms with Gasteiger partial charge in [-0.3, -0.25) is 0 Å². The molecule has 0 spiro atoms. The van der Waals surface area contributed by atoms with Crippen molar-refractivity contribution in [2.45, 2.75) is 38.6 Å². The van der Waals surface area contributed by atoms with Crippen LogP contribution in [0.1, 0.15) is 32.6 Å². The third kappa shape index (κ3) is 4.35. The Labute approximate surface area is 115 Å². The molecule has 1 N–H and O–H groups in total. The molecule has 1 fully saturated rings. The van der Waals surface area contributed by atoms with Gasteiger partial charge in [0, 0.05) is 25.7 Å². The standard InChI is InChI=1S/C14H24N4O/c1-3-8-19-14-9-13(16-11-17-14)18(2)10-12-6-4-5-7-15-12/h9,11-12,15H,3-8,10H2,1-2H3. The van der Waals surface area contributed by atoms with Crippen molar-refractivity contribution < 1.29 is 4.74 Å². The average molecular weight is 264 g/mol. The lowest BCUT2D eigenvalue weighted by atomic mass is 10.0. The molecule has 1 saturated heterocycles. The summed E-state index contributed by atoms with van der Waals surface area (Å²) >= 11 is 0. The van der Waals surface area contributed by atoms with Gasteiger partial charge in [-0.05, 0) is 25.8 Å². The molecule has 5 nitrogen and oxygen atoms in total. The van der Waals surface area contributed by atoms with E-state index in [4.69, 9.17) is 4.74 Å². The second-order valence-corrected chi connectivity index (χ2v) is 5.09. The highest BCUT2D eigenvalue weighted by molar-refractivity contribution is 5.40. The van der Waals surface area contributed by atoms with Crippen LogP contribution in [0.4, 0.5) is 5.82 Å². The van der Waals surface area contributed by atoms with Crippen molar-refractivity contribution in [3.05, 3.63) is 12.4 Å². The monoisotopic (exact) mass is 264 g/mol. The van der Waals surface area contributed by atoms with Crippen molar-refractivity contribution in [2.24, 2.45) is 0 Å². The Bertz CT molecular complexity index is 379. The van der Waals surface area contributed by atoms with Gasteiger partial charge in [0.25, 0.3) is 0 Å². The molecule has 1 atom stereocenters. The van der Waals surface area contributed by atoms with Crippen molar-refractivity contribution >= 4 is 5.82 Å². The van der Waals surface area contributed by atoms with E-state index in [2.05, 4.69) is 34.2 Å². The maximum Gasteiger partial charge on any atom is 0.218 e. The molecule has 1 aliphatic rings. The molecule has 0 amide bonds. The number of rotatable bonds is 6. The number of nitrogens with zero attached hydrogens (tertiary/aromatic N) is 3. The molecule has 0 saturated carbocycles. The second kappa shape index (κ2) is 7.28. The Morgan fingerprint density at radius 3 is 3.05 bits per heavy atom. The van der Waals surface area contributed by atoms with Crippen molar-refractivity contribution in [1.82, 2.24) is 15.3 Å². The summed E-state index contributed by atoms with van der Waals surface area (Å²) < 4.78 is 5.54. The number of piperidine rings is 1. The molecule has 2 rings (SSSR count). The number of likely N-dealkylation sites (N-methyl/N-ethyl adjacent to an activating group) is 1. The average Bonchev–Trinajstić information content (AvgIpc) is 2.46. The van der Waals surface area contributed by atoms with Gasteiger partial charge >= 0.3 is 0 Å². The second-order valence-electron chi connectivity index (χ2n) is 5.09. The van der Waals surface area contributed by atoms with Gasteiger partial charge in [-0.2, -0.15) is 0 Å². The smallest absolute Gasteiger partial charge is 0.218 e. The fourth-order valence-electron chi connectivity index (χ4n) is 2.33. The maximum atomic E-state index is 5.54. The lowest BCUT2D eigenvalue weighted by Gasteiger charge is -2.28. The van der Waals surface area contributed by atoms with Crippen LogP contribution < -0.4 is 15.0 Å². The van der Waals surface area contributed by atoms with E-state index in [0.29, 0.717) is 18.5 Å². The molecule has 0 aliphatic carbocycles. The Hall–Kier alpha value is -1.36. The first-order valence-corrected chi connectivity index (χ1v) is 7.19. The minimum absolute atomic E-state index is 0.564. The van der Waals surface area contributed by atoms with Gasteiger partial charge in [-0.1, -0.05) is 13.3 Å². The zero-order valence-electron chi connectivity index (χ0n) is 11.9. The van der Waals surface area contributed by atoms with E-state index in [0.717, 1.165) is 25.3 Å². The SMILES string of the molecule is CCCOc1cc(N(C)CC2CCCCN2)ncn1. The van der Waals surface area contributed by atoms with E-state index in [1.54, 1.807) is 6.33 Å². The summed E-state index contributed by atoms with van der Waals surface area (Å²) in [6.45, 7) is 4.89. The van der Waals surface area contributed by atoms with Crippen molar-refractivity contribution in [1.29, 1.82) is 0 Å². The molecule has 1 aliphatic heterocycles. The molecule has 5 heteroatoms. The Kier molecular flexibility index (Phi) is 5.39. The first kappa shape index (κ1) is 14.1. The third-order valence-electron chi connectivity index (χ3n) is 3.38. The number of aromatic nitrogens is 2. The topological polar surface area (TPSA) is 50.3 Å². The Balaban J connectivity index is 1.91. The molecule has 1 aromatic rings. The van der Waals surface area contributed by atoms with Crippen molar-refractivity contribution in [2.75, 3.05) is 31.6 Å². The lowest BCUT2D eigenvalue weighted by molar-refractivity contribution is 0.304. The highest BCUT2D eigenvalue weighted by Crippen LogP contribution is 2.16. The minimum atomic E-state index is 0.564. The van der Waals surface area contributed by atoms with Crippen LogP contribution in [0.5, 0.6) is 5.88 Å². The lowest BCUT2D eigenvalue weighted by Crippen LogP contribution is -2.42. The van der Waals surface area contributed by atoms with E-state index < -0.39 is 0 Å². The Morgan fingerprint density at radius 2 is 2.32 bits per heavy atom. The molecule has 0 radical (unpaired) electrons. The number of hydrogen-bond donors (Lipinski definition) is 1. The fraction of sp³-hybridized carbons (Fsp3) is 0.714. The quantitative estimate of drug-likeness (QED) is 0.849. The highest BCUT2D eigenvalue weighted by atomic mass is 16.5. The normalized spacial score (nSPS) is 19.2. The largest absolute Gasteiger partial charge is 0.478 e. The molecule has 2 heterocycles. The summed E-state index contributed by atoms with van der Waals surface area (Å²) in [6, 6.07) is 2.48. The number of anilines is 1. The number of ether oxygens (including phenoxy) is 1. The highest BCUT2D eigenvalue weighted by Gasteiger charge is 2.15. The first-order chi connectivity index (χ1) is 9.29. The molecule has 0 bridgehead atoms. The predicted octanol–water partition coefficient (Wildman–Crippen LogP) is 1.84. The van der Waals surface area contributed by atoms with E-state index >= 15 is 0 Å². The van der Waals surface area contributed by atoms with Gasteiger partial charge in [0.2, 0.25) is 5.88 Å². The summed E-state index contributed by atoms with van der Waals surface area (Å²) in [6.07, 6.45) is 6.42. The van der Waals surface area contributed by atoms with Crippen LogP contribution in [0.2, 0.25) is 0 Å². The molecular formula is C14H24N4O. The summed E-state index contributed by atoms with van der Waals surface area (Å²) in [4.78, 5) is 10.6. The van der Waals surface area contributed by atoms with Crippen LogP contribution in [0.25, 0.3) is 0 Å². The van der Waals surface area contributed by atoms with Crippen LogP contribution >= 0.6 is 0 Å². The van der Waals surface area contributed by atoms with Crippen LogP contribution in [0.3, 0.4) is 0 Å². The van der Waals surface area contributed by atoms with Crippen LogP contribution in [0.15, 0.2) is 12.4 Å². The minimum Gasteiger partial charge on any atom is -0.478 e. The van der Waals surface area contributed by atoms with E-state index in [-0.39, 0.29) is 0 Å². The summed E-state index contributed by atoms with van der Waals surface area (Å²) in [7, 11) is 2.07. The Morgan fingerprint density at radius 1 is 1.42 bits per heavy atom. The van der Waals surface area contributed by atoms with Crippen molar-refractivity contribution in [3.8, 4) is 5.88 Å². The van der Waals surface area contributed by atoms with E-state index in [1.165, 1.54) is 19.3 Å². The van der Waals surface area contributed by atoms with Gasteiger partial charge in [-0.25, -0.2) is 9.97 Å². The summed E-state index contributed by atoms with van der Waals surface area (Å²) in [5.41, 5.74) is 0. The van der Waals surface area contributed by atoms with Crippen LogP contribution in [0, 0.1) is 0 Å². The van der Waals surface area contributed by atoms with Gasteiger partial charge in [-0.15, -0.1) is 0 Å². The molecule has 1 unspecified atom stereocenters. The van der Waals surface area contributed by atoms with Gasteiger partial charge < -0.3 is 15.0 Å². The molecule has 19 heavy (non-hydrogen) atoms. The zero-order chi connectivity index (χ0) is 13.5. The fourth-order valence-corrected chi connectivity index (χ4v) is 2.33. The zero-order valence-corrected chi connectivity index (χ0v) is 11.9. The van der Waals surface area contributed by atoms with Gasteiger partial charge in [0.1, 0.15) is 12.1 Å². The van der Waals surface area contributed by atoms with Crippen LogP contribution in [-0.4, -0.2) is 42.8 Å².